The number of nitrogens with zero attached hydrogens (tertiary/aromatic N) is 3. The molecule has 0 aliphatic carbocycles. The number of benzene rings is 3. The van der Waals surface area contributed by atoms with Crippen molar-refractivity contribution in [1.29, 1.82) is 0 Å². The molecule has 0 radical (unpaired) electrons. The third-order valence-electron chi connectivity index (χ3n) is 7.80. The van der Waals surface area contributed by atoms with E-state index in [0.29, 0.717) is 12.1 Å². The van der Waals surface area contributed by atoms with Gasteiger partial charge in [0, 0.05) is 36.6 Å². The molecule has 204 valence electrons. The lowest BCUT2D eigenvalue weighted by molar-refractivity contribution is -0.119. The van der Waals surface area contributed by atoms with Crippen LogP contribution in [0.3, 0.4) is 0 Å². The van der Waals surface area contributed by atoms with Crippen molar-refractivity contribution >= 4 is 34.6 Å². The molecule has 1 fully saturated rings. The fraction of sp³-hybridized carbons (Fsp3) is 0.355. The lowest BCUT2D eigenvalue weighted by Crippen LogP contribution is -2.50. The van der Waals surface area contributed by atoms with E-state index >= 15 is 0 Å². The molecule has 2 N–H and O–H groups in total. The van der Waals surface area contributed by atoms with Crippen LogP contribution in [0.15, 0.2) is 66.7 Å². The van der Waals surface area contributed by atoms with Gasteiger partial charge in [0.25, 0.3) is 5.91 Å². The molecule has 0 bridgehead atoms. The molecular formula is C31H37N5O3. The highest BCUT2D eigenvalue weighted by atomic mass is 16.5. The summed E-state index contributed by atoms with van der Waals surface area (Å²) >= 11 is 0. The Morgan fingerprint density at radius 1 is 0.923 bits per heavy atom. The quantitative estimate of drug-likeness (QED) is 0.467. The Balaban J connectivity index is 1.31. The highest BCUT2D eigenvalue weighted by Gasteiger charge is 2.33. The van der Waals surface area contributed by atoms with E-state index in [0.717, 1.165) is 60.0 Å². The minimum atomic E-state index is -0.304. The van der Waals surface area contributed by atoms with Crippen LogP contribution in [0.4, 0.5) is 22.7 Å². The Morgan fingerprint density at radius 3 is 2.26 bits per heavy atom. The third-order valence-corrected chi connectivity index (χ3v) is 7.80. The summed E-state index contributed by atoms with van der Waals surface area (Å²) in [5.74, 6) is 0.838. The number of hydrogen-bond acceptors (Lipinski definition) is 6. The zero-order chi connectivity index (χ0) is 27.5. The van der Waals surface area contributed by atoms with E-state index < -0.39 is 0 Å². The van der Waals surface area contributed by atoms with E-state index in [1.807, 2.05) is 74.6 Å². The number of hydrogen-bond donors (Lipinski definition) is 2. The van der Waals surface area contributed by atoms with E-state index in [1.54, 1.807) is 12.0 Å². The van der Waals surface area contributed by atoms with Crippen LogP contribution in [-0.2, 0) is 11.3 Å². The molecule has 3 aromatic rings. The van der Waals surface area contributed by atoms with Crippen LogP contribution in [0.1, 0.15) is 35.7 Å². The van der Waals surface area contributed by atoms with E-state index in [-0.39, 0.29) is 23.9 Å². The van der Waals surface area contributed by atoms with Crippen LogP contribution >= 0.6 is 0 Å². The molecule has 39 heavy (non-hydrogen) atoms. The summed E-state index contributed by atoms with van der Waals surface area (Å²) in [5.41, 5.74) is 5.41. The fourth-order valence-electron chi connectivity index (χ4n) is 5.30. The average molecular weight is 528 g/mol. The van der Waals surface area contributed by atoms with Crippen LogP contribution in [0, 0.1) is 0 Å². The van der Waals surface area contributed by atoms with Gasteiger partial charge in [-0.15, -0.1) is 0 Å². The minimum Gasteiger partial charge on any atom is -0.497 e. The van der Waals surface area contributed by atoms with Crippen molar-refractivity contribution in [2.24, 2.45) is 0 Å². The number of nitrogens with one attached hydrogen (secondary N) is 2. The van der Waals surface area contributed by atoms with E-state index in [4.69, 9.17) is 4.74 Å². The molecule has 2 amide bonds. The van der Waals surface area contributed by atoms with Crippen molar-refractivity contribution in [3.63, 3.8) is 0 Å². The maximum Gasteiger partial charge on any atom is 0.251 e. The molecule has 1 unspecified atom stereocenters. The molecule has 1 atom stereocenters. The number of likely N-dealkylation sites (N-methyl/N-ethyl adjacent to an activating group) is 1. The first kappa shape index (κ1) is 26.6. The molecule has 3 aromatic carbocycles. The molecule has 0 saturated carbocycles. The number of anilines is 4. The van der Waals surface area contributed by atoms with Gasteiger partial charge in [0.1, 0.15) is 11.8 Å². The highest BCUT2D eigenvalue weighted by Crippen LogP contribution is 2.39. The summed E-state index contributed by atoms with van der Waals surface area (Å²) in [7, 11) is 5.59. The lowest BCUT2D eigenvalue weighted by atomic mass is 10.0. The fourth-order valence-corrected chi connectivity index (χ4v) is 5.30. The van der Waals surface area contributed by atoms with E-state index in [2.05, 4.69) is 33.5 Å². The van der Waals surface area contributed by atoms with Crippen LogP contribution in [0.2, 0.25) is 0 Å². The van der Waals surface area contributed by atoms with Gasteiger partial charge in [-0.1, -0.05) is 12.1 Å². The summed E-state index contributed by atoms with van der Waals surface area (Å²) in [4.78, 5) is 31.9. The summed E-state index contributed by atoms with van der Waals surface area (Å²) in [5, 5.41) is 6.63. The SMILES string of the molecule is COc1ccc(CN2c3cc(Nc4ccc(C(=O)NC5CCN(C)CC5)cc4)ccc3N(C)C(=O)C2C)cc1. The van der Waals surface area contributed by atoms with Crippen LogP contribution in [0.5, 0.6) is 5.75 Å². The second kappa shape index (κ2) is 11.4. The molecule has 5 rings (SSSR count). The topological polar surface area (TPSA) is 77.2 Å². The summed E-state index contributed by atoms with van der Waals surface area (Å²) in [6.45, 7) is 4.56. The highest BCUT2D eigenvalue weighted by molar-refractivity contribution is 6.05. The smallest absolute Gasteiger partial charge is 0.251 e. The molecule has 2 aliphatic heterocycles. The van der Waals surface area contributed by atoms with Crippen molar-refractivity contribution < 1.29 is 14.3 Å². The van der Waals surface area contributed by atoms with Gasteiger partial charge < -0.3 is 30.1 Å². The Labute approximate surface area is 230 Å². The van der Waals surface area contributed by atoms with Gasteiger partial charge in [-0.2, -0.15) is 0 Å². The van der Waals surface area contributed by atoms with Gasteiger partial charge in [0.05, 0.1) is 18.5 Å². The van der Waals surface area contributed by atoms with Crippen LogP contribution in [-0.4, -0.2) is 63.1 Å². The number of ether oxygens (including phenoxy) is 1. The maximum atomic E-state index is 13.0. The zero-order valence-electron chi connectivity index (χ0n) is 23.1. The number of carbonyl (C=O) groups excluding carboxylic acids is 2. The van der Waals surface area contributed by atoms with Gasteiger partial charge in [0.15, 0.2) is 0 Å². The first-order chi connectivity index (χ1) is 18.8. The molecule has 0 aromatic heterocycles. The van der Waals surface area contributed by atoms with Crippen molar-refractivity contribution in [3.8, 4) is 5.75 Å². The van der Waals surface area contributed by atoms with Gasteiger partial charge in [-0.25, -0.2) is 0 Å². The van der Waals surface area contributed by atoms with E-state index in [9.17, 15) is 9.59 Å². The van der Waals surface area contributed by atoms with Crippen molar-refractivity contribution in [2.75, 3.05) is 49.4 Å². The molecule has 2 aliphatic rings. The number of likely N-dealkylation sites (tertiary alicyclic amines) is 1. The number of rotatable bonds is 7. The van der Waals surface area contributed by atoms with Crippen molar-refractivity contribution in [1.82, 2.24) is 10.2 Å². The largest absolute Gasteiger partial charge is 0.497 e. The number of piperidine rings is 1. The molecule has 8 heteroatoms. The Bertz CT molecular complexity index is 1320. The molecule has 8 nitrogen and oxygen atoms in total. The second-order valence-electron chi connectivity index (χ2n) is 10.5. The van der Waals surface area contributed by atoms with Crippen LogP contribution in [0.25, 0.3) is 0 Å². The Hall–Kier alpha value is -4.04. The van der Waals surface area contributed by atoms with Crippen molar-refractivity contribution in [3.05, 3.63) is 77.9 Å². The maximum absolute atomic E-state index is 13.0. The molecule has 0 spiro atoms. The standard InChI is InChI=1S/C31H37N5O3/c1-21-31(38)35(3)28-14-11-26(19-29(28)36(21)20-22-5-12-27(39-4)13-6-22)32-24-9-7-23(8-10-24)30(37)33-25-15-17-34(2)18-16-25/h5-14,19,21,25,32H,15-18,20H2,1-4H3,(H,33,37). The predicted octanol–water partition coefficient (Wildman–Crippen LogP) is 4.63. The van der Waals surface area contributed by atoms with Crippen LogP contribution < -0.4 is 25.2 Å². The van der Waals surface area contributed by atoms with Crippen molar-refractivity contribution in [2.45, 2.75) is 38.4 Å². The average Bonchev–Trinajstić information content (AvgIpc) is 2.96. The Morgan fingerprint density at radius 2 is 1.59 bits per heavy atom. The molecular weight excluding hydrogens is 490 g/mol. The first-order valence-electron chi connectivity index (χ1n) is 13.5. The van der Waals surface area contributed by atoms with Gasteiger partial charge in [0.2, 0.25) is 5.91 Å². The number of carbonyl (C=O) groups is 2. The lowest BCUT2D eigenvalue weighted by Gasteiger charge is -2.40. The summed E-state index contributed by atoms with van der Waals surface area (Å²) in [6.07, 6.45) is 1.96. The third kappa shape index (κ3) is 5.86. The summed E-state index contributed by atoms with van der Waals surface area (Å²) < 4.78 is 5.29. The summed E-state index contributed by atoms with van der Waals surface area (Å²) in [6, 6.07) is 21.5. The second-order valence-corrected chi connectivity index (χ2v) is 10.5. The zero-order valence-corrected chi connectivity index (χ0v) is 23.1. The Kier molecular flexibility index (Phi) is 7.74. The number of amides is 2. The molecule has 2 heterocycles. The monoisotopic (exact) mass is 527 g/mol. The normalized spacial score (nSPS) is 18.1. The minimum absolute atomic E-state index is 0.0271. The number of fused-ring (bicyclic) bond motifs is 1. The number of methoxy groups -OCH3 is 1. The first-order valence-corrected chi connectivity index (χ1v) is 13.5. The van der Waals surface area contributed by atoms with Gasteiger partial charge >= 0.3 is 0 Å². The predicted molar refractivity (Wildman–Crippen MR) is 156 cm³/mol. The molecule has 1 saturated heterocycles. The van der Waals surface area contributed by atoms with E-state index in [1.165, 1.54) is 0 Å². The van der Waals surface area contributed by atoms with Gasteiger partial charge in [-0.05, 0) is 100 Å². The van der Waals surface area contributed by atoms with Gasteiger partial charge in [-0.3, -0.25) is 9.59 Å².